The minimum atomic E-state index is -0.524. The Balaban J connectivity index is 1.86. The predicted octanol–water partition coefficient (Wildman–Crippen LogP) is 5.17. The molecule has 0 heterocycles. The minimum absolute atomic E-state index is 0.0290. The first-order valence-corrected chi connectivity index (χ1v) is 9.08. The number of ether oxygens (including phenoxy) is 1. The van der Waals surface area contributed by atoms with Gasteiger partial charge in [0.2, 0.25) is 0 Å². The standard InChI is InChI=1S/C19H20ClFN2O2S/c1-2-3-4-11-25-15-8-5-13(6-9-15)18(24)23-19(26)22-14-7-10-17(21)16(20)12-14/h5-10,12H,2-4,11H2,1H3,(H2,22,23,24,26). The monoisotopic (exact) mass is 394 g/mol. The summed E-state index contributed by atoms with van der Waals surface area (Å²) in [6, 6.07) is 10.9. The zero-order chi connectivity index (χ0) is 18.9. The number of halogens is 2. The van der Waals surface area contributed by atoms with E-state index in [4.69, 9.17) is 28.6 Å². The number of thiocarbonyl (C=S) groups is 1. The summed E-state index contributed by atoms with van der Waals surface area (Å²) in [6.07, 6.45) is 3.27. The molecule has 2 rings (SSSR count). The Kier molecular flexibility index (Phi) is 7.81. The Labute approximate surface area is 162 Å². The fraction of sp³-hybridized carbons (Fsp3) is 0.263. The lowest BCUT2D eigenvalue weighted by molar-refractivity contribution is 0.0977. The Hall–Kier alpha value is -2.18. The van der Waals surface area contributed by atoms with Crippen LogP contribution in [0.5, 0.6) is 5.75 Å². The van der Waals surface area contributed by atoms with Crippen molar-refractivity contribution in [1.29, 1.82) is 0 Å². The van der Waals surface area contributed by atoms with Gasteiger partial charge in [-0.2, -0.15) is 0 Å². The van der Waals surface area contributed by atoms with E-state index in [-0.39, 0.29) is 16.0 Å². The molecule has 0 saturated carbocycles. The van der Waals surface area contributed by atoms with Crippen LogP contribution in [0.2, 0.25) is 5.02 Å². The second-order valence-corrected chi connectivity index (χ2v) is 6.43. The number of hydrogen-bond acceptors (Lipinski definition) is 3. The molecule has 0 aliphatic carbocycles. The molecule has 0 aliphatic heterocycles. The van der Waals surface area contributed by atoms with E-state index in [0.29, 0.717) is 17.9 Å². The summed E-state index contributed by atoms with van der Waals surface area (Å²) in [5.74, 6) is -0.156. The molecule has 138 valence electrons. The van der Waals surface area contributed by atoms with E-state index in [1.807, 2.05) is 0 Å². The molecule has 2 aromatic rings. The Morgan fingerprint density at radius 3 is 2.58 bits per heavy atom. The third kappa shape index (κ3) is 6.28. The van der Waals surface area contributed by atoms with Crippen LogP contribution in [0.4, 0.5) is 10.1 Å². The second-order valence-electron chi connectivity index (χ2n) is 5.62. The highest BCUT2D eigenvalue weighted by Gasteiger charge is 2.09. The van der Waals surface area contributed by atoms with Gasteiger partial charge < -0.3 is 10.1 Å². The highest BCUT2D eigenvalue weighted by atomic mass is 35.5. The van der Waals surface area contributed by atoms with Crippen LogP contribution in [0.3, 0.4) is 0 Å². The van der Waals surface area contributed by atoms with E-state index >= 15 is 0 Å². The second kappa shape index (κ2) is 10.1. The number of unbranched alkanes of at least 4 members (excludes halogenated alkanes) is 2. The Bertz CT molecular complexity index is 769. The normalized spacial score (nSPS) is 10.3. The SMILES string of the molecule is CCCCCOc1ccc(C(=O)NC(=S)Nc2ccc(F)c(Cl)c2)cc1. The molecule has 7 heteroatoms. The molecular formula is C19H20ClFN2O2S. The van der Waals surface area contributed by atoms with Crippen molar-refractivity contribution in [2.45, 2.75) is 26.2 Å². The molecule has 2 aromatic carbocycles. The molecule has 0 saturated heterocycles. The number of carbonyl (C=O) groups is 1. The van der Waals surface area contributed by atoms with Gasteiger partial charge in [-0.3, -0.25) is 10.1 Å². The smallest absolute Gasteiger partial charge is 0.257 e. The molecule has 0 aromatic heterocycles. The molecule has 0 radical (unpaired) electrons. The topological polar surface area (TPSA) is 50.4 Å². The van der Waals surface area contributed by atoms with Gasteiger partial charge in [0, 0.05) is 11.3 Å². The van der Waals surface area contributed by atoms with Gasteiger partial charge in [-0.05, 0) is 61.1 Å². The first-order chi connectivity index (χ1) is 12.5. The van der Waals surface area contributed by atoms with Crippen LogP contribution >= 0.6 is 23.8 Å². The van der Waals surface area contributed by atoms with Crippen LogP contribution in [0.25, 0.3) is 0 Å². The van der Waals surface area contributed by atoms with Crippen molar-refractivity contribution in [1.82, 2.24) is 5.32 Å². The molecule has 26 heavy (non-hydrogen) atoms. The molecule has 0 fully saturated rings. The van der Waals surface area contributed by atoms with Crippen molar-refractivity contribution < 1.29 is 13.9 Å². The van der Waals surface area contributed by atoms with E-state index in [9.17, 15) is 9.18 Å². The van der Waals surface area contributed by atoms with Crippen molar-refractivity contribution in [3.63, 3.8) is 0 Å². The number of benzene rings is 2. The zero-order valence-electron chi connectivity index (χ0n) is 14.4. The summed E-state index contributed by atoms with van der Waals surface area (Å²) < 4.78 is 18.8. The molecule has 0 bridgehead atoms. The molecule has 0 spiro atoms. The van der Waals surface area contributed by atoms with Crippen molar-refractivity contribution in [2.24, 2.45) is 0 Å². The van der Waals surface area contributed by atoms with Gasteiger partial charge in [-0.15, -0.1) is 0 Å². The number of rotatable bonds is 7. The summed E-state index contributed by atoms with van der Waals surface area (Å²) in [4.78, 5) is 12.2. The van der Waals surface area contributed by atoms with Gasteiger partial charge in [0.05, 0.1) is 11.6 Å². The Morgan fingerprint density at radius 2 is 1.92 bits per heavy atom. The molecular weight excluding hydrogens is 375 g/mol. The molecule has 0 aliphatic rings. The molecule has 0 unspecified atom stereocenters. The minimum Gasteiger partial charge on any atom is -0.494 e. The maximum atomic E-state index is 13.1. The summed E-state index contributed by atoms with van der Waals surface area (Å²) in [6.45, 7) is 2.80. The quantitative estimate of drug-likeness (QED) is 0.502. The molecule has 0 atom stereocenters. The van der Waals surface area contributed by atoms with Crippen LogP contribution in [-0.4, -0.2) is 17.6 Å². The van der Waals surface area contributed by atoms with E-state index in [1.54, 1.807) is 24.3 Å². The maximum absolute atomic E-state index is 13.1. The number of hydrogen-bond donors (Lipinski definition) is 2. The molecule has 1 amide bonds. The fourth-order valence-electron chi connectivity index (χ4n) is 2.16. The first-order valence-electron chi connectivity index (χ1n) is 8.30. The van der Waals surface area contributed by atoms with E-state index in [1.165, 1.54) is 18.2 Å². The van der Waals surface area contributed by atoms with Crippen LogP contribution in [0.15, 0.2) is 42.5 Å². The maximum Gasteiger partial charge on any atom is 0.257 e. The summed E-state index contributed by atoms with van der Waals surface area (Å²) in [7, 11) is 0. The van der Waals surface area contributed by atoms with Gasteiger partial charge in [0.1, 0.15) is 11.6 Å². The van der Waals surface area contributed by atoms with Crippen LogP contribution in [0, 0.1) is 5.82 Å². The third-order valence-corrected chi connectivity index (χ3v) is 4.03. The molecule has 2 N–H and O–H groups in total. The van der Waals surface area contributed by atoms with E-state index in [2.05, 4.69) is 17.6 Å². The van der Waals surface area contributed by atoms with Crippen molar-refractivity contribution in [3.05, 3.63) is 58.9 Å². The van der Waals surface area contributed by atoms with Crippen LogP contribution in [0.1, 0.15) is 36.5 Å². The van der Waals surface area contributed by atoms with Gasteiger partial charge >= 0.3 is 0 Å². The number of amides is 1. The average Bonchev–Trinajstić information content (AvgIpc) is 2.62. The predicted molar refractivity (Wildman–Crippen MR) is 107 cm³/mol. The largest absolute Gasteiger partial charge is 0.494 e. The highest BCUT2D eigenvalue weighted by molar-refractivity contribution is 7.80. The first kappa shape index (κ1) is 20.1. The Morgan fingerprint density at radius 1 is 1.19 bits per heavy atom. The van der Waals surface area contributed by atoms with Gasteiger partial charge in [0.15, 0.2) is 5.11 Å². The van der Waals surface area contributed by atoms with Crippen LogP contribution in [-0.2, 0) is 0 Å². The summed E-state index contributed by atoms with van der Waals surface area (Å²) in [5, 5.41) is 5.41. The van der Waals surface area contributed by atoms with Crippen molar-refractivity contribution >= 4 is 40.5 Å². The van der Waals surface area contributed by atoms with Gasteiger partial charge in [-0.25, -0.2) is 4.39 Å². The van der Waals surface area contributed by atoms with Gasteiger partial charge in [0.25, 0.3) is 5.91 Å². The summed E-state index contributed by atoms with van der Waals surface area (Å²) >= 11 is 10.8. The van der Waals surface area contributed by atoms with Gasteiger partial charge in [-0.1, -0.05) is 31.4 Å². The molecule has 4 nitrogen and oxygen atoms in total. The van der Waals surface area contributed by atoms with Crippen molar-refractivity contribution in [3.8, 4) is 5.75 Å². The number of nitrogens with one attached hydrogen (secondary N) is 2. The lowest BCUT2D eigenvalue weighted by Crippen LogP contribution is -2.34. The average molecular weight is 395 g/mol. The summed E-state index contributed by atoms with van der Waals surface area (Å²) in [5.41, 5.74) is 0.935. The zero-order valence-corrected chi connectivity index (χ0v) is 15.9. The number of anilines is 1. The van der Waals surface area contributed by atoms with Crippen LogP contribution < -0.4 is 15.4 Å². The van der Waals surface area contributed by atoms with Crippen molar-refractivity contribution in [2.75, 3.05) is 11.9 Å². The van der Waals surface area contributed by atoms with E-state index < -0.39 is 5.82 Å². The van der Waals surface area contributed by atoms with E-state index in [0.717, 1.165) is 25.0 Å². The fourth-order valence-corrected chi connectivity index (χ4v) is 2.55. The highest BCUT2D eigenvalue weighted by Crippen LogP contribution is 2.19. The third-order valence-electron chi connectivity index (χ3n) is 3.54. The number of carbonyl (C=O) groups excluding carboxylic acids is 1. The lowest BCUT2D eigenvalue weighted by Gasteiger charge is -2.11. The lowest BCUT2D eigenvalue weighted by atomic mass is 10.2.